The molecule has 2 atom stereocenters. The van der Waals surface area contributed by atoms with Gasteiger partial charge in [0.2, 0.25) is 5.91 Å². The molecule has 0 spiro atoms. The van der Waals surface area contributed by atoms with E-state index in [-0.39, 0.29) is 23.8 Å². The van der Waals surface area contributed by atoms with Crippen molar-refractivity contribution in [1.82, 2.24) is 10.2 Å². The normalized spacial score (nSPS) is 25.8. The maximum Gasteiger partial charge on any atom is 0.325 e. The number of imide groups is 1. The van der Waals surface area contributed by atoms with Gasteiger partial charge < -0.3 is 10.6 Å². The van der Waals surface area contributed by atoms with Gasteiger partial charge in [-0.05, 0) is 61.8 Å². The molecular formula is C23H30N4O3S. The molecule has 4 rings (SSSR count). The number of thiophene rings is 1. The average Bonchev–Trinajstić information content (AvgIpc) is 3.49. The minimum absolute atomic E-state index is 0.145. The van der Waals surface area contributed by atoms with Crippen molar-refractivity contribution >= 4 is 34.2 Å². The van der Waals surface area contributed by atoms with E-state index in [1.165, 1.54) is 16.2 Å². The number of urea groups is 1. The molecule has 3 aliphatic rings. The van der Waals surface area contributed by atoms with Gasteiger partial charge in [-0.15, -0.1) is 11.3 Å². The molecule has 1 saturated heterocycles. The van der Waals surface area contributed by atoms with E-state index in [0.717, 1.165) is 49.0 Å². The second-order valence-electron chi connectivity index (χ2n) is 9.95. The molecule has 0 radical (unpaired) electrons. The molecule has 1 aliphatic heterocycles. The van der Waals surface area contributed by atoms with E-state index >= 15 is 0 Å². The summed E-state index contributed by atoms with van der Waals surface area (Å²) in [4.78, 5) is 40.0. The van der Waals surface area contributed by atoms with Crippen molar-refractivity contribution in [3.05, 3.63) is 16.0 Å². The van der Waals surface area contributed by atoms with Gasteiger partial charge in [-0.3, -0.25) is 14.5 Å². The topological polar surface area (TPSA) is 102 Å². The Kier molecular flexibility index (Phi) is 5.37. The third-order valence-corrected chi connectivity index (χ3v) is 8.81. The summed E-state index contributed by atoms with van der Waals surface area (Å²) in [6.07, 6.45) is 5.70. The van der Waals surface area contributed by atoms with Gasteiger partial charge >= 0.3 is 6.03 Å². The maximum absolute atomic E-state index is 12.8. The van der Waals surface area contributed by atoms with Crippen molar-refractivity contribution in [1.29, 1.82) is 5.26 Å². The highest BCUT2D eigenvalue weighted by Crippen LogP contribution is 2.45. The fourth-order valence-electron chi connectivity index (χ4n) is 4.85. The highest BCUT2D eigenvalue weighted by Gasteiger charge is 2.56. The average molecular weight is 443 g/mol. The van der Waals surface area contributed by atoms with Gasteiger partial charge in [-0.2, -0.15) is 5.26 Å². The van der Waals surface area contributed by atoms with Crippen LogP contribution in [0, 0.1) is 28.6 Å². The number of hydrogen-bond acceptors (Lipinski definition) is 5. The Morgan fingerprint density at radius 1 is 1.35 bits per heavy atom. The Morgan fingerprint density at radius 2 is 2.06 bits per heavy atom. The summed E-state index contributed by atoms with van der Waals surface area (Å²) in [6.45, 7) is 8.18. The van der Waals surface area contributed by atoms with Crippen molar-refractivity contribution < 1.29 is 14.4 Å². The Labute approximate surface area is 187 Å². The van der Waals surface area contributed by atoms with Gasteiger partial charge in [0.05, 0.1) is 5.56 Å². The van der Waals surface area contributed by atoms with E-state index in [0.29, 0.717) is 16.5 Å². The lowest BCUT2D eigenvalue weighted by Gasteiger charge is -2.36. The Hall–Kier alpha value is -2.40. The fourth-order valence-corrected chi connectivity index (χ4v) is 6.15. The molecule has 2 fully saturated rings. The third-order valence-electron chi connectivity index (χ3n) is 7.64. The minimum Gasteiger partial charge on any atom is -0.323 e. The van der Waals surface area contributed by atoms with E-state index < -0.39 is 17.5 Å². The van der Waals surface area contributed by atoms with Gasteiger partial charge in [0, 0.05) is 4.88 Å². The smallest absolute Gasteiger partial charge is 0.323 e. The van der Waals surface area contributed by atoms with E-state index in [4.69, 9.17) is 0 Å². The van der Waals surface area contributed by atoms with Crippen LogP contribution in [0.1, 0.15) is 69.4 Å². The Balaban J connectivity index is 1.48. The van der Waals surface area contributed by atoms with Crippen LogP contribution < -0.4 is 10.6 Å². The van der Waals surface area contributed by atoms with E-state index in [9.17, 15) is 19.6 Å². The second-order valence-corrected chi connectivity index (χ2v) is 11.1. The number of nitriles is 1. The molecule has 1 saturated carbocycles. The van der Waals surface area contributed by atoms with E-state index in [1.807, 2.05) is 0 Å². The number of carbonyl (C=O) groups is 3. The number of fused-ring (bicyclic) bond motifs is 1. The standard InChI is InChI=1S/C23H30N4O3S/c1-5-22(2,3)14-8-9-15-16(11-24)19(31-17(15)10-14)25-18(28)12-27-20(29)23(4,13-6-7-13)26-21(27)30/h13-14H,5-10,12H2,1-4H3,(H,25,28)(H,26,30). The molecule has 4 amide bonds. The molecule has 1 aromatic rings. The van der Waals surface area contributed by atoms with Crippen molar-refractivity contribution in [3.8, 4) is 6.07 Å². The SMILES string of the molecule is CCC(C)(C)C1CCc2c(sc(NC(=O)CN3C(=O)NC(C)(C4CC4)C3=O)c2C#N)C1. The van der Waals surface area contributed by atoms with Crippen molar-refractivity contribution in [2.75, 3.05) is 11.9 Å². The van der Waals surface area contributed by atoms with Crippen LogP contribution in [0.5, 0.6) is 0 Å². The summed E-state index contributed by atoms with van der Waals surface area (Å²) in [7, 11) is 0. The monoisotopic (exact) mass is 442 g/mol. The molecule has 2 heterocycles. The molecule has 31 heavy (non-hydrogen) atoms. The summed E-state index contributed by atoms with van der Waals surface area (Å²) in [5.74, 6) is -0.105. The molecular weight excluding hydrogens is 412 g/mol. The predicted octanol–water partition coefficient (Wildman–Crippen LogP) is 3.82. The van der Waals surface area contributed by atoms with Gasteiger partial charge in [0.25, 0.3) is 5.91 Å². The van der Waals surface area contributed by atoms with Crippen LogP contribution in [0.15, 0.2) is 0 Å². The lowest BCUT2D eigenvalue weighted by atomic mass is 9.69. The number of carbonyl (C=O) groups excluding carboxylic acids is 3. The number of anilines is 1. The van der Waals surface area contributed by atoms with Crippen LogP contribution in [0.25, 0.3) is 0 Å². The van der Waals surface area contributed by atoms with Crippen molar-refractivity contribution in [2.24, 2.45) is 17.3 Å². The summed E-state index contributed by atoms with van der Waals surface area (Å²) in [5, 5.41) is 15.8. The number of rotatable bonds is 6. The van der Waals surface area contributed by atoms with E-state index in [1.54, 1.807) is 6.92 Å². The first-order valence-electron chi connectivity index (χ1n) is 11.1. The Bertz CT molecular complexity index is 988. The molecule has 2 unspecified atom stereocenters. The highest BCUT2D eigenvalue weighted by molar-refractivity contribution is 7.16. The zero-order chi connectivity index (χ0) is 22.6. The molecule has 0 aromatic carbocycles. The molecule has 8 heteroatoms. The molecule has 0 bridgehead atoms. The van der Waals surface area contributed by atoms with Gasteiger partial charge in [0.15, 0.2) is 0 Å². The van der Waals surface area contributed by atoms with Crippen LogP contribution in [-0.2, 0) is 22.4 Å². The molecule has 2 aliphatic carbocycles. The van der Waals surface area contributed by atoms with Crippen LogP contribution in [0.4, 0.5) is 9.80 Å². The number of amides is 4. The van der Waals surface area contributed by atoms with Crippen LogP contribution >= 0.6 is 11.3 Å². The molecule has 1 aromatic heterocycles. The Morgan fingerprint density at radius 3 is 2.68 bits per heavy atom. The molecule has 166 valence electrons. The molecule has 2 N–H and O–H groups in total. The first kappa shape index (κ1) is 21.8. The number of nitrogens with zero attached hydrogens (tertiary/aromatic N) is 2. The first-order chi connectivity index (χ1) is 14.6. The predicted molar refractivity (Wildman–Crippen MR) is 119 cm³/mol. The van der Waals surface area contributed by atoms with Crippen molar-refractivity contribution in [2.45, 2.75) is 71.8 Å². The first-order valence-corrected chi connectivity index (χ1v) is 11.9. The summed E-state index contributed by atoms with van der Waals surface area (Å²) >= 11 is 1.46. The lowest BCUT2D eigenvalue weighted by molar-refractivity contribution is -0.134. The van der Waals surface area contributed by atoms with E-state index in [2.05, 4.69) is 37.5 Å². The number of nitrogens with one attached hydrogen (secondary N) is 2. The van der Waals surface area contributed by atoms with Crippen molar-refractivity contribution in [3.63, 3.8) is 0 Å². The van der Waals surface area contributed by atoms with Crippen LogP contribution in [0.3, 0.4) is 0 Å². The van der Waals surface area contributed by atoms with Crippen LogP contribution in [-0.4, -0.2) is 34.8 Å². The zero-order valence-corrected chi connectivity index (χ0v) is 19.4. The summed E-state index contributed by atoms with van der Waals surface area (Å²) in [6, 6.07) is 1.74. The highest BCUT2D eigenvalue weighted by atomic mass is 32.1. The maximum atomic E-state index is 12.8. The van der Waals surface area contributed by atoms with Crippen LogP contribution in [0.2, 0.25) is 0 Å². The van der Waals surface area contributed by atoms with Gasteiger partial charge in [0.1, 0.15) is 23.2 Å². The largest absolute Gasteiger partial charge is 0.325 e. The lowest BCUT2D eigenvalue weighted by Crippen LogP contribution is -2.46. The summed E-state index contributed by atoms with van der Waals surface area (Å²) in [5.41, 5.74) is 0.900. The second kappa shape index (κ2) is 7.63. The van der Waals surface area contributed by atoms with Gasteiger partial charge in [-0.25, -0.2) is 4.79 Å². The molecule has 7 nitrogen and oxygen atoms in total. The van der Waals surface area contributed by atoms with Gasteiger partial charge in [-0.1, -0.05) is 27.2 Å². The number of hydrogen-bond donors (Lipinski definition) is 2. The quantitative estimate of drug-likeness (QED) is 0.654. The summed E-state index contributed by atoms with van der Waals surface area (Å²) < 4.78 is 0. The third kappa shape index (κ3) is 3.73. The fraction of sp³-hybridized carbons (Fsp3) is 0.652. The zero-order valence-electron chi connectivity index (χ0n) is 18.6. The minimum atomic E-state index is -0.904.